The Morgan fingerprint density at radius 3 is 1.13 bits per heavy atom. The molecule has 0 amide bonds. The summed E-state index contributed by atoms with van der Waals surface area (Å²) in [7, 11) is -22.1. The maximum Gasteiger partial charge on any atom is 0.472 e. The summed E-state index contributed by atoms with van der Waals surface area (Å²) >= 11 is 0. The van der Waals surface area contributed by atoms with Crippen LogP contribution in [-0.4, -0.2) is 183 Å². The third kappa shape index (κ3) is 17.1. The van der Waals surface area contributed by atoms with E-state index in [1.54, 1.807) is 0 Å². The van der Waals surface area contributed by atoms with Gasteiger partial charge >= 0.3 is 59.7 Å². The molecule has 5 aliphatic rings. The summed E-state index contributed by atoms with van der Waals surface area (Å²) < 4.78 is 131. The minimum Gasteiger partial charge on any atom is -0.394 e. The summed E-state index contributed by atoms with van der Waals surface area (Å²) in [5.74, 6) is 0. The summed E-state index contributed by atoms with van der Waals surface area (Å²) in [6.07, 6.45) is -23.4. The van der Waals surface area contributed by atoms with Crippen molar-refractivity contribution in [2.75, 3.05) is 33.0 Å². The van der Waals surface area contributed by atoms with Gasteiger partial charge in [-0.15, -0.1) is 0 Å². The van der Waals surface area contributed by atoms with Gasteiger partial charge in [0.1, 0.15) is 86.0 Å². The number of phosphoric acid groups is 4. The summed E-state index contributed by atoms with van der Waals surface area (Å²) in [6.45, 7) is 0.137. The Labute approximate surface area is 538 Å². The lowest BCUT2D eigenvalue weighted by Crippen LogP contribution is -2.39. The summed E-state index contributed by atoms with van der Waals surface area (Å²) in [5, 5.41) is 32.5. The van der Waals surface area contributed by atoms with Gasteiger partial charge in [0, 0.05) is 85.0 Å². The summed E-state index contributed by atoms with van der Waals surface area (Å²) in [5.41, 5.74) is -8.98. The van der Waals surface area contributed by atoms with Crippen molar-refractivity contribution in [3.63, 3.8) is 0 Å². The number of H-pyrrole nitrogens is 5. The topological polar surface area (TPSA) is 604 Å². The molecular formula is C49H64N10O34P4. The van der Waals surface area contributed by atoms with Crippen LogP contribution in [0, 0.1) is 27.7 Å². The molecule has 534 valence electrons. The van der Waals surface area contributed by atoms with Gasteiger partial charge in [-0.2, -0.15) is 0 Å². The lowest BCUT2D eigenvalue weighted by Gasteiger charge is -2.26. The highest BCUT2D eigenvalue weighted by molar-refractivity contribution is 7.48. The average Bonchev–Trinajstić information content (AvgIpc) is 1.66. The second-order valence-electron chi connectivity index (χ2n) is 22.8. The lowest BCUT2D eigenvalue weighted by molar-refractivity contribution is -0.0656. The van der Waals surface area contributed by atoms with Gasteiger partial charge in [0.25, 0.3) is 27.8 Å². The fourth-order valence-electron chi connectivity index (χ4n) is 10.9. The highest BCUT2D eigenvalue weighted by Gasteiger charge is 2.53. The number of aromatic amines is 5. The fraction of sp³-hybridized carbons (Fsp3) is 0.592. The number of ether oxygens (including phenoxy) is 5. The standard InChI is InChI=1S/C49H64N10O34P4/c1-20-11-56(46(69)51-40(20)64)34-7-24(61)29(86-34)16-81-94(73,74)91-27-10-37(59-14-23(4)43(67)54-49(59)72)88-31(27)18-83-97(79,80)93-39-32(89-44(38(39)63)55-6-5-33(62)50-45(55)68)19-84-96(77,78)92-26-9-36(58-13-22(3)42(66)53-48(58)71)87-30(26)17-82-95(75,76)90-25-8-35(85-28(25)15-60)57-12-21(2)41(65)52-47(57)70/h5-6,11-14,24-32,34-39,44,60-61,63H,7-10,15-19H2,1-4H3,(H,73,74)(H,75,76)(H,77,78)(H,79,80)(H,50,62,68)(H,51,64,69)(H,52,65,70)(H,53,66,71)(H,54,67,72)/t24-,25-,26-,27-,28+,29+,30+,31+,32+,34+,35+,36+,37+,38+,39+,44+/m0/s1. The Morgan fingerprint density at radius 1 is 0.433 bits per heavy atom. The smallest absolute Gasteiger partial charge is 0.394 e. The first kappa shape index (κ1) is 73.2. The molecule has 0 bridgehead atoms. The molecule has 0 aromatic carbocycles. The van der Waals surface area contributed by atoms with Gasteiger partial charge in [0.05, 0.1) is 39.1 Å². The highest BCUT2D eigenvalue weighted by Crippen LogP contribution is 2.55. The number of aromatic nitrogens is 10. The summed E-state index contributed by atoms with van der Waals surface area (Å²) in [6, 6.07) is 0.800. The Kier molecular flexibility index (Phi) is 21.9. The number of phosphoric ester groups is 4. The van der Waals surface area contributed by atoms with E-state index in [2.05, 4.69) is 9.97 Å². The van der Waals surface area contributed by atoms with Crippen molar-refractivity contribution >= 4 is 31.3 Å². The van der Waals surface area contributed by atoms with Crippen molar-refractivity contribution in [2.45, 2.75) is 152 Å². The average molecular weight is 1460 g/mol. The zero-order valence-corrected chi connectivity index (χ0v) is 54.3. The van der Waals surface area contributed by atoms with Gasteiger partial charge in [-0.25, -0.2) is 42.2 Å². The molecule has 0 spiro atoms. The first-order valence-electron chi connectivity index (χ1n) is 28.9. The molecule has 5 fully saturated rings. The van der Waals surface area contributed by atoms with E-state index in [0.29, 0.717) is 4.57 Å². The second-order valence-corrected chi connectivity index (χ2v) is 28.4. The molecule has 5 saturated heterocycles. The van der Waals surface area contributed by atoms with Crippen molar-refractivity contribution in [3.8, 4) is 0 Å². The molecule has 97 heavy (non-hydrogen) atoms. The van der Waals surface area contributed by atoms with Gasteiger partial charge in [0.2, 0.25) is 0 Å². The zero-order chi connectivity index (χ0) is 70.5. The quantitative estimate of drug-likeness (QED) is 0.0233. The third-order valence-corrected chi connectivity index (χ3v) is 19.9. The lowest BCUT2D eigenvalue weighted by atomic mass is 10.1. The predicted molar refractivity (Wildman–Crippen MR) is 315 cm³/mol. The van der Waals surface area contributed by atoms with E-state index in [1.807, 2.05) is 15.0 Å². The molecule has 20 atom stereocenters. The molecular weight excluding hydrogens is 1400 g/mol. The maximum absolute atomic E-state index is 14.1. The predicted octanol–water partition coefficient (Wildman–Crippen LogP) is -4.26. The molecule has 5 aromatic heterocycles. The molecule has 5 aromatic rings. The van der Waals surface area contributed by atoms with Crippen molar-refractivity contribution in [1.29, 1.82) is 0 Å². The van der Waals surface area contributed by atoms with E-state index in [9.17, 15) is 101 Å². The van der Waals surface area contributed by atoms with Crippen LogP contribution in [-0.2, 0) is 78.1 Å². The normalized spacial score (nSPS) is 30.7. The van der Waals surface area contributed by atoms with Crippen LogP contribution in [0.2, 0.25) is 0 Å². The number of aliphatic hydroxyl groups is 3. The molecule has 4 unspecified atom stereocenters. The number of nitrogens with zero attached hydrogens (tertiary/aromatic N) is 5. The molecule has 5 aliphatic heterocycles. The molecule has 0 saturated carbocycles. The fourth-order valence-corrected chi connectivity index (χ4v) is 14.8. The molecule has 48 heteroatoms. The SMILES string of the molecule is Cc1cn([C@H]2C[C@H](OP(=O)(O)OC[C@H]3O[C@@H](n4cc(C)c(=O)[nH]c4=O)C[C@@H]3OP(=O)(O)OC[C@H]3O[C@@H](n4ccc(=O)[nH]c4=O)[C@H](O)[C@@H]3OP(=O)(O)OC[C@H]3O[C@@H](n4cc(C)c(=O)[nH]c4=O)C[C@@H]3OP(=O)(O)OC[C@H]3O[C@@H](n4cc(C)c(=O)[nH]c4=O)C[C@@H]3O)[C@@H](CO)O2)c(=O)[nH]c1=O. The Morgan fingerprint density at radius 2 is 0.753 bits per heavy atom. The second kappa shape index (κ2) is 29.0. The zero-order valence-electron chi connectivity index (χ0n) is 50.7. The minimum atomic E-state index is -5.76. The molecule has 10 rings (SSSR count). The van der Waals surface area contributed by atoms with Crippen LogP contribution in [0.3, 0.4) is 0 Å². The molecule has 10 heterocycles. The molecule has 12 N–H and O–H groups in total. The first-order valence-corrected chi connectivity index (χ1v) is 34.9. The van der Waals surface area contributed by atoms with Crippen LogP contribution in [0.1, 0.15) is 79.1 Å². The Hall–Kier alpha value is -6.48. The van der Waals surface area contributed by atoms with Crippen LogP contribution in [0.15, 0.2) is 85.0 Å². The van der Waals surface area contributed by atoms with Crippen LogP contribution >= 0.6 is 31.3 Å². The van der Waals surface area contributed by atoms with Gasteiger partial charge in [0.15, 0.2) is 6.23 Å². The monoisotopic (exact) mass is 1460 g/mol. The maximum atomic E-state index is 14.1. The van der Waals surface area contributed by atoms with Gasteiger partial charge < -0.3 is 58.6 Å². The molecule has 0 radical (unpaired) electrons. The Bertz CT molecular complexity index is 4620. The third-order valence-electron chi connectivity index (χ3n) is 15.9. The van der Waals surface area contributed by atoms with E-state index in [4.69, 9.17) is 59.9 Å². The first-order chi connectivity index (χ1) is 45.5. The molecule has 0 aliphatic carbocycles. The summed E-state index contributed by atoms with van der Waals surface area (Å²) in [4.78, 5) is 180. The van der Waals surface area contributed by atoms with Gasteiger partial charge in [-0.1, -0.05) is 0 Å². The molecule has 44 nitrogen and oxygen atoms in total. The van der Waals surface area contributed by atoms with E-state index >= 15 is 0 Å². The largest absolute Gasteiger partial charge is 0.472 e. The van der Waals surface area contributed by atoms with Crippen LogP contribution in [0.25, 0.3) is 0 Å². The van der Waals surface area contributed by atoms with Crippen molar-refractivity contribution in [1.82, 2.24) is 47.8 Å². The van der Waals surface area contributed by atoms with Crippen molar-refractivity contribution < 1.29 is 113 Å². The van der Waals surface area contributed by atoms with Crippen LogP contribution in [0.4, 0.5) is 0 Å². The number of hydrogen-bond donors (Lipinski definition) is 12. The number of aliphatic hydroxyl groups excluding tert-OH is 3. The number of hydrogen-bond acceptors (Lipinski definition) is 30. The van der Waals surface area contributed by atoms with E-state index in [0.717, 1.165) is 49.1 Å². The van der Waals surface area contributed by atoms with Crippen molar-refractivity contribution in [2.24, 2.45) is 0 Å². The van der Waals surface area contributed by atoms with Gasteiger partial charge in [-0.3, -0.25) is 108 Å². The van der Waals surface area contributed by atoms with E-state index < -0.39 is 232 Å². The Balaban J connectivity index is 0.839. The minimum absolute atomic E-state index is 0.0274. The van der Waals surface area contributed by atoms with Crippen LogP contribution < -0.4 is 56.2 Å². The highest BCUT2D eigenvalue weighted by atomic mass is 31.2. The van der Waals surface area contributed by atoms with Crippen LogP contribution in [0.5, 0.6) is 0 Å². The number of aryl methyl sites for hydroxylation is 4. The van der Waals surface area contributed by atoms with Gasteiger partial charge in [-0.05, 0) is 27.7 Å². The van der Waals surface area contributed by atoms with E-state index in [-0.39, 0.29) is 35.1 Å². The number of nitrogens with one attached hydrogen (secondary N) is 5. The van der Waals surface area contributed by atoms with E-state index in [1.165, 1.54) is 33.9 Å². The van der Waals surface area contributed by atoms with Crippen molar-refractivity contribution in [3.05, 3.63) is 163 Å². The number of rotatable bonds is 26.